The molecule has 144 valence electrons. The molecule has 1 amide bonds. The van der Waals surface area contributed by atoms with E-state index in [1.807, 2.05) is 25.1 Å². The van der Waals surface area contributed by atoms with Gasteiger partial charge in [-0.1, -0.05) is 49.4 Å². The van der Waals surface area contributed by atoms with Gasteiger partial charge in [-0.2, -0.15) is 0 Å². The topological polar surface area (TPSA) is 66.5 Å². The first-order valence-corrected chi connectivity index (χ1v) is 11.0. The minimum absolute atomic E-state index is 0.0307. The number of sulfone groups is 1. The lowest BCUT2D eigenvalue weighted by atomic mass is 10.2. The molecule has 1 N–H and O–H groups in total. The zero-order chi connectivity index (χ0) is 19.3. The highest BCUT2D eigenvalue weighted by atomic mass is 32.2. The van der Waals surface area contributed by atoms with Gasteiger partial charge in [0, 0.05) is 25.7 Å². The van der Waals surface area contributed by atoms with Crippen LogP contribution in [0.25, 0.3) is 0 Å². The third kappa shape index (κ3) is 4.96. The van der Waals surface area contributed by atoms with Gasteiger partial charge in [0.15, 0.2) is 9.84 Å². The van der Waals surface area contributed by atoms with Gasteiger partial charge in [0.25, 0.3) is 5.91 Å². The van der Waals surface area contributed by atoms with Crippen LogP contribution in [0.5, 0.6) is 0 Å². The molecule has 27 heavy (non-hydrogen) atoms. The second-order valence-electron chi connectivity index (χ2n) is 6.99. The molecule has 0 radical (unpaired) electrons. The van der Waals surface area contributed by atoms with Gasteiger partial charge >= 0.3 is 0 Å². The fourth-order valence-electron chi connectivity index (χ4n) is 3.50. The fraction of sp³-hybridized carbons (Fsp3) is 0.381. The van der Waals surface area contributed by atoms with Gasteiger partial charge in [-0.05, 0) is 30.5 Å². The quantitative estimate of drug-likeness (QED) is 0.795. The van der Waals surface area contributed by atoms with Crippen LogP contribution in [-0.2, 0) is 16.4 Å². The molecule has 1 saturated heterocycles. The Bertz CT molecular complexity index is 881. The minimum Gasteiger partial charge on any atom is -0.348 e. The summed E-state index contributed by atoms with van der Waals surface area (Å²) in [6.07, 6.45) is 1.39. The van der Waals surface area contributed by atoms with E-state index >= 15 is 0 Å². The van der Waals surface area contributed by atoms with Crippen LogP contribution in [0.15, 0.2) is 59.5 Å². The van der Waals surface area contributed by atoms with Crippen LogP contribution in [0, 0.1) is 0 Å². The van der Waals surface area contributed by atoms with E-state index < -0.39 is 9.84 Å². The Labute approximate surface area is 161 Å². The summed E-state index contributed by atoms with van der Waals surface area (Å²) in [5, 5.41) is 3.02. The Morgan fingerprint density at radius 3 is 2.56 bits per heavy atom. The van der Waals surface area contributed by atoms with Gasteiger partial charge in [-0.25, -0.2) is 8.42 Å². The van der Waals surface area contributed by atoms with E-state index in [1.165, 1.54) is 11.6 Å². The summed E-state index contributed by atoms with van der Waals surface area (Å²) >= 11 is 0. The van der Waals surface area contributed by atoms with Crippen molar-refractivity contribution in [2.45, 2.75) is 37.2 Å². The second kappa shape index (κ2) is 8.67. The minimum atomic E-state index is -3.44. The Kier molecular flexibility index (Phi) is 6.29. The molecule has 2 aromatic carbocycles. The van der Waals surface area contributed by atoms with Crippen LogP contribution in [0.2, 0.25) is 0 Å². The molecule has 0 aliphatic carbocycles. The highest BCUT2D eigenvalue weighted by molar-refractivity contribution is 7.91. The number of nitrogens with one attached hydrogen (secondary N) is 1. The van der Waals surface area contributed by atoms with Crippen molar-refractivity contribution in [1.82, 2.24) is 10.2 Å². The van der Waals surface area contributed by atoms with Crippen molar-refractivity contribution >= 4 is 15.7 Å². The highest BCUT2D eigenvalue weighted by Crippen LogP contribution is 2.19. The number of amides is 1. The number of benzene rings is 2. The maximum Gasteiger partial charge on any atom is 0.252 e. The van der Waals surface area contributed by atoms with Gasteiger partial charge in [-0.3, -0.25) is 9.69 Å². The summed E-state index contributed by atoms with van der Waals surface area (Å²) in [7, 11) is -3.44. The average molecular weight is 387 g/mol. The summed E-state index contributed by atoms with van der Waals surface area (Å²) in [5.74, 6) is -0.261. The Balaban J connectivity index is 1.65. The second-order valence-corrected chi connectivity index (χ2v) is 9.07. The smallest absolute Gasteiger partial charge is 0.252 e. The van der Waals surface area contributed by atoms with Gasteiger partial charge in [0.1, 0.15) is 0 Å². The van der Waals surface area contributed by atoms with Crippen LogP contribution in [0.1, 0.15) is 35.7 Å². The van der Waals surface area contributed by atoms with Crippen molar-refractivity contribution in [3.05, 3.63) is 65.7 Å². The molecule has 1 heterocycles. The van der Waals surface area contributed by atoms with E-state index in [4.69, 9.17) is 0 Å². The van der Waals surface area contributed by atoms with E-state index in [0.717, 1.165) is 26.1 Å². The zero-order valence-electron chi connectivity index (χ0n) is 15.6. The average Bonchev–Trinajstić information content (AvgIpc) is 3.09. The molecule has 1 aliphatic heterocycles. The number of rotatable bonds is 7. The van der Waals surface area contributed by atoms with Crippen LogP contribution in [0.3, 0.4) is 0 Å². The van der Waals surface area contributed by atoms with E-state index in [9.17, 15) is 13.2 Å². The number of carbonyl (C=O) groups excluding carboxylic acids is 1. The molecule has 1 atom stereocenters. The van der Waals surface area contributed by atoms with Crippen molar-refractivity contribution in [3.8, 4) is 0 Å². The summed E-state index contributed by atoms with van der Waals surface area (Å²) in [6.45, 7) is 4.36. The first-order chi connectivity index (χ1) is 13.0. The van der Waals surface area contributed by atoms with Crippen LogP contribution in [0.4, 0.5) is 0 Å². The summed E-state index contributed by atoms with van der Waals surface area (Å²) in [6, 6.07) is 16.8. The summed E-state index contributed by atoms with van der Waals surface area (Å²) in [5.41, 5.74) is 1.49. The van der Waals surface area contributed by atoms with Gasteiger partial charge in [-0.15, -0.1) is 0 Å². The Morgan fingerprint density at radius 2 is 1.81 bits per heavy atom. The number of nitrogens with zero attached hydrogens (tertiary/aromatic N) is 1. The summed E-state index contributed by atoms with van der Waals surface area (Å²) < 4.78 is 24.9. The monoisotopic (exact) mass is 386 g/mol. The SMILES string of the molecule is CCCS(=O)(=O)c1ccccc1C(=O)NC1CCN(Cc2ccccc2)C1. The van der Waals surface area contributed by atoms with Gasteiger partial charge < -0.3 is 5.32 Å². The molecule has 1 unspecified atom stereocenters. The molecule has 0 saturated carbocycles. The van der Waals surface area contributed by atoms with Gasteiger partial charge in [0.2, 0.25) is 0 Å². The van der Waals surface area contributed by atoms with Gasteiger partial charge in [0.05, 0.1) is 16.2 Å². The zero-order valence-corrected chi connectivity index (χ0v) is 16.4. The number of hydrogen-bond donors (Lipinski definition) is 1. The third-order valence-electron chi connectivity index (χ3n) is 4.80. The molecular weight excluding hydrogens is 360 g/mol. The third-order valence-corrected chi connectivity index (χ3v) is 6.77. The largest absolute Gasteiger partial charge is 0.348 e. The normalized spacial score (nSPS) is 17.7. The lowest BCUT2D eigenvalue weighted by molar-refractivity contribution is 0.0934. The molecule has 5 nitrogen and oxygen atoms in total. The number of carbonyl (C=O) groups is 1. The maximum absolute atomic E-state index is 12.7. The molecule has 1 fully saturated rings. The lowest BCUT2D eigenvalue weighted by Gasteiger charge is -2.17. The van der Waals surface area contributed by atoms with Crippen molar-refractivity contribution in [3.63, 3.8) is 0 Å². The van der Waals surface area contributed by atoms with Crippen molar-refractivity contribution in [2.24, 2.45) is 0 Å². The van der Waals surface area contributed by atoms with Crippen molar-refractivity contribution in [2.75, 3.05) is 18.8 Å². The number of likely N-dealkylation sites (tertiary alicyclic amines) is 1. The lowest BCUT2D eigenvalue weighted by Crippen LogP contribution is -2.37. The highest BCUT2D eigenvalue weighted by Gasteiger charge is 2.27. The predicted octanol–water partition coefficient (Wildman–Crippen LogP) is 2.87. The Hall–Kier alpha value is -2.18. The first-order valence-electron chi connectivity index (χ1n) is 9.38. The molecular formula is C21H26N2O3S. The molecule has 0 bridgehead atoms. The fourth-order valence-corrected chi connectivity index (χ4v) is 5.04. The van der Waals surface area contributed by atoms with Crippen LogP contribution >= 0.6 is 0 Å². The van der Waals surface area contributed by atoms with E-state index in [2.05, 4.69) is 22.3 Å². The van der Waals surface area contributed by atoms with Crippen LogP contribution in [-0.4, -0.2) is 44.1 Å². The summed E-state index contributed by atoms with van der Waals surface area (Å²) in [4.78, 5) is 15.2. The van der Waals surface area contributed by atoms with E-state index in [-0.39, 0.29) is 28.2 Å². The van der Waals surface area contributed by atoms with Crippen LogP contribution < -0.4 is 5.32 Å². The van der Waals surface area contributed by atoms with E-state index in [0.29, 0.717) is 6.42 Å². The standard InChI is InChI=1S/C21H26N2O3S/c1-2-14-27(25,26)20-11-7-6-10-19(20)21(24)22-18-12-13-23(16-18)15-17-8-4-3-5-9-17/h3-11,18H,2,12-16H2,1H3,(H,22,24). The molecule has 1 aliphatic rings. The molecule has 2 aromatic rings. The molecule has 6 heteroatoms. The first kappa shape index (κ1) is 19.6. The number of hydrogen-bond acceptors (Lipinski definition) is 4. The molecule has 0 aromatic heterocycles. The maximum atomic E-state index is 12.7. The molecule has 3 rings (SSSR count). The van der Waals surface area contributed by atoms with Crippen molar-refractivity contribution in [1.29, 1.82) is 0 Å². The Morgan fingerprint density at radius 1 is 1.11 bits per heavy atom. The predicted molar refractivity (Wildman–Crippen MR) is 106 cm³/mol. The van der Waals surface area contributed by atoms with Crippen molar-refractivity contribution < 1.29 is 13.2 Å². The molecule has 0 spiro atoms. The van der Waals surface area contributed by atoms with E-state index in [1.54, 1.807) is 18.2 Å².